The number of hydrogen-bond donors (Lipinski definition) is 0. The molecule has 0 atom stereocenters. The summed E-state index contributed by atoms with van der Waals surface area (Å²) in [4.78, 5) is 3.21. The van der Waals surface area contributed by atoms with E-state index >= 15 is 0 Å². The van der Waals surface area contributed by atoms with Crippen molar-refractivity contribution in [2.45, 2.75) is 19.0 Å². The lowest BCUT2D eigenvalue weighted by molar-refractivity contribution is -0.0605. The number of aliphatic imine (C=N–C) groups is 1. The van der Waals surface area contributed by atoms with E-state index in [2.05, 4.69) is 4.99 Å². The Labute approximate surface area is 56.3 Å². The molecule has 1 nitrogen and oxygen atoms in total. The van der Waals surface area contributed by atoms with Crippen LogP contribution in [0.4, 0.5) is 13.2 Å². The normalized spacial score (nSPS) is 18.9. The van der Waals surface area contributed by atoms with Gasteiger partial charge in [-0.25, -0.2) is 0 Å². The number of alkyl halides is 3. The Kier molecular flexibility index (Phi) is 1.78. The number of halogens is 3. The number of allylic oxidation sites excluding steroid dienone is 1. The maximum Gasteiger partial charge on any atom is 0.429 e. The van der Waals surface area contributed by atoms with Crippen molar-refractivity contribution in [1.29, 1.82) is 0 Å². The Morgan fingerprint density at radius 1 is 1.40 bits per heavy atom. The molecular formula is C6H6F3N. The molecule has 1 aliphatic rings. The van der Waals surface area contributed by atoms with Crippen LogP contribution < -0.4 is 0 Å². The van der Waals surface area contributed by atoms with Crippen LogP contribution in [0.3, 0.4) is 0 Å². The number of nitrogens with zero attached hydrogens (tertiary/aromatic N) is 1. The molecular weight excluding hydrogens is 143 g/mol. The van der Waals surface area contributed by atoms with E-state index in [4.69, 9.17) is 0 Å². The molecule has 0 saturated carbocycles. The predicted molar refractivity (Wildman–Crippen MR) is 31.9 cm³/mol. The van der Waals surface area contributed by atoms with E-state index in [0.29, 0.717) is 6.42 Å². The first kappa shape index (κ1) is 7.31. The zero-order chi connectivity index (χ0) is 7.61. The summed E-state index contributed by atoms with van der Waals surface area (Å²) in [6.45, 7) is 0. The van der Waals surface area contributed by atoms with E-state index in [-0.39, 0.29) is 6.42 Å². The van der Waals surface area contributed by atoms with Crippen molar-refractivity contribution in [3.63, 3.8) is 0 Å². The highest BCUT2D eigenvalue weighted by Crippen LogP contribution is 2.22. The fourth-order valence-corrected chi connectivity index (χ4v) is 0.717. The van der Waals surface area contributed by atoms with Gasteiger partial charge in [-0.15, -0.1) is 0 Å². The lowest BCUT2D eigenvalue weighted by Crippen LogP contribution is -2.23. The Hall–Kier alpha value is -0.800. The third kappa shape index (κ3) is 1.59. The third-order valence-electron chi connectivity index (χ3n) is 1.21. The summed E-state index contributed by atoms with van der Waals surface area (Å²) in [7, 11) is 0. The van der Waals surface area contributed by atoms with Crippen LogP contribution in [0.5, 0.6) is 0 Å². The lowest BCUT2D eigenvalue weighted by Gasteiger charge is -2.10. The summed E-state index contributed by atoms with van der Waals surface area (Å²) in [5.74, 6) is 0. The van der Waals surface area contributed by atoms with Crippen molar-refractivity contribution < 1.29 is 13.2 Å². The second-order valence-corrected chi connectivity index (χ2v) is 2.00. The van der Waals surface area contributed by atoms with Gasteiger partial charge in [0, 0.05) is 6.20 Å². The van der Waals surface area contributed by atoms with Crippen LogP contribution in [0, 0.1) is 0 Å². The van der Waals surface area contributed by atoms with Gasteiger partial charge in [0.1, 0.15) is 5.71 Å². The minimum atomic E-state index is -4.23. The molecule has 0 aliphatic carbocycles. The van der Waals surface area contributed by atoms with Gasteiger partial charge in [0.2, 0.25) is 0 Å². The quantitative estimate of drug-likeness (QED) is 0.501. The summed E-state index contributed by atoms with van der Waals surface area (Å²) in [6.07, 6.45) is -0.954. The summed E-state index contributed by atoms with van der Waals surface area (Å²) >= 11 is 0. The monoisotopic (exact) mass is 149 g/mol. The summed E-state index contributed by atoms with van der Waals surface area (Å²) in [6, 6.07) is 0. The first-order valence-corrected chi connectivity index (χ1v) is 2.89. The van der Waals surface area contributed by atoms with Crippen LogP contribution in [-0.4, -0.2) is 11.9 Å². The molecule has 0 amide bonds. The molecule has 0 fully saturated rings. The van der Waals surface area contributed by atoms with E-state index in [0.717, 1.165) is 0 Å². The summed E-state index contributed by atoms with van der Waals surface area (Å²) < 4.78 is 35.3. The molecule has 1 rings (SSSR count). The zero-order valence-corrected chi connectivity index (χ0v) is 5.15. The molecule has 0 aromatic heterocycles. The van der Waals surface area contributed by atoms with Gasteiger partial charge < -0.3 is 0 Å². The van der Waals surface area contributed by atoms with Crippen LogP contribution in [0.25, 0.3) is 0 Å². The Morgan fingerprint density at radius 3 is 2.40 bits per heavy atom. The van der Waals surface area contributed by atoms with E-state index < -0.39 is 11.9 Å². The molecule has 0 aromatic rings. The van der Waals surface area contributed by atoms with Gasteiger partial charge in [-0.1, -0.05) is 6.08 Å². The highest BCUT2D eigenvalue weighted by atomic mass is 19.4. The SMILES string of the molecule is FC(F)(F)C1=NC=CCC1. The maximum atomic E-state index is 11.8. The van der Waals surface area contributed by atoms with Crippen LogP contribution in [-0.2, 0) is 0 Å². The molecule has 0 unspecified atom stereocenters. The van der Waals surface area contributed by atoms with Crippen LogP contribution >= 0.6 is 0 Å². The van der Waals surface area contributed by atoms with Gasteiger partial charge in [0.15, 0.2) is 0 Å². The molecule has 0 aromatic carbocycles. The molecule has 56 valence electrons. The average Bonchev–Trinajstić information content (AvgIpc) is 1.88. The second-order valence-electron chi connectivity index (χ2n) is 2.00. The van der Waals surface area contributed by atoms with Crippen molar-refractivity contribution in [3.8, 4) is 0 Å². The standard InChI is InChI=1S/C6H6F3N/c7-6(8,9)5-3-1-2-4-10-5/h2,4H,1,3H2. The molecule has 0 saturated heterocycles. The molecule has 4 heteroatoms. The van der Waals surface area contributed by atoms with Gasteiger partial charge in [-0.05, 0) is 12.8 Å². The minimum absolute atomic E-state index is 0.0139. The highest BCUT2D eigenvalue weighted by Gasteiger charge is 2.34. The van der Waals surface area contributed by atoms with Crippen LogP contribution in [0.2, 0.25) is 0 Å². The Morgan fingerprint density at radius 2 is 2.10 bits per heavy atom. The first-order chi connectivity index (χ1) is 4.61. The topological polar surface area (TPSA) is 12.4 Å². The van der Waals surface area contributed by atoms with E-state index in [1.165, 1.54) is 6.20 Å². The number of hydrogen-bond acceptors (Lipinski definition) is 1. The van der Waals surface area contributed by atoms with E-state index in [1.54, 1.807) is 6.08 Å². The smallest absolute Gasteiger partial charge is 0.257 e. The van der Waals surface area contributed by atoms with Crippen LogP contribution in [0.15, 0.2) is 17.3 Å². The molecule has 0 spiro atoms. The molecule has 0 N–H and O–H groups in total. The van der Waals surface area contributed by atoms with Crippen molar-refractivity contribution in [1.82, 2.24) is 0 Å². The average molecular weight is 149 g/mol. The molecule has 10 heavy (non-hydrogen) atoms. The molecule has 1 aliphatic heterocycles. The van der Waals surface area contributed by atoms with Gasteiger partial charge in [0.25, 0.3) is 0 Å². The number of rotatable bonds is 0. The van der Waals surface area contributed by atoms with Gasteiger partial charge in [0.05, 0.1) is 0 Å². The van der Waals surface area contributed by atoms with Crippen molar-refractivity contribution in [3.05, 3.63) is 12.3 Å². The highest BCUT2D eigenvalue weighted by molar-refractivity contribution is 5.90. The first-order valence-electron chi connectivity index (χ1n) is 2.89. The summed E-state index contributed by atoms with van der Waals surface area (Å²) in [5, 5.41) is 0. The van der Waals surface area contributed by atoms with Gasteiger partial charge in [-0.3, -0.25) is 4.99 Å². The zero-order valence-electron chi connectivity index (χ0n) is 5.15. The van der Waals surface area contributed by atoms with Crippen molar-refractivity contribution >= 4 is 5.71 Å². The van der Waals surface area contributed by atoms with Gasteiger partial charge in [-0.2, -0.15) is 13.2 Å². The largest absolute Gasteiger partial charge is 0.429 e. The Balaban J connectivity index is 2.72. The molecule has 1 heterocycles. The van der Waals surface area contributed by atoms with Crippen molar-refractivity contribution in [2.75, 3.05) is 0 Å². The van der Waals surface area contributed by atoms with E-state index in [9.17, 15) is 13.2 Å². The van der Waals surface area contributed by atoms with E-state index in [1.807, 2.05) is 0 Å². The molecule has 0 bridgehead atoms. The van der Waals surface area contributed by atoms with Crippen LogP contribution in [0.1, 0.15) is 12.8 Å². The fraction of sp³-hybridized carbons (Fsp3) is 0.500. The van der Waals surface area contributed by atoms with Gasteiger partial charge >= 0.3 is 6.18 Å². The van der Waals surface area contributed by atoms with Crippen molar-refractivity contribution in [2.24, 2.45) is 4.99 Å². The minimum Gasteiger partial charge on any atom is -0.257 e. The predicted octanol–water partition coefficient (Wildman–Crippen LogP) is 2.30. The second kappa shape index (κ2) is 2.44. The third-order valence-corrected chi connectivity index (χ3v) is 1.21. The molecule has 0 radical (unpaired) electrons. The summed E-state index contributed by atoms with van der Waals surface area (Å²) in [5.41, 5.74) is -0.671. The Bertz CT molecular complexity index is 178. The maximum absolute atomic E-state index is 11.8. The fourth-order valence-electron chi connectivity index (χ4n) is 0.717. The lowest BCUT2D eigenvalue weighted by atomic mass is 10.2.